The maximum atomic E-state index is 12.8. The molecule has 0 radical (unpaired) electrons. The second-order valence-corrected chi connectivity index (χ2v) is 8.85. The van der Waals surface area contributed by atoms with Crippen LogP contribution in [0.5, 0.6) is 0 Å². The van der Waals surface area contributed by atoms with Crippen LogP contribution < -0.4 is 21.2 Å². The third-order valence-corrected chi connectivity index (χ3v) is 6.56. The number of piperazine rings is 1. The fourth-order valence-electron chi connectivity index (χ4n) is 4.64. The molecule has 12 heteroatoms. The van der Waals surface area contributed by atoms with Gasteiger partial charge in [0.15, 0.2) is 11.5 Å². The largest absolute Gasteiger partial charge is 0.383 e. The van der Waals surface area contributed by atoms with Crippen molar-refractivity contribution in [3.05, 3.63) is 77.2 Å². The van der Waals surface area contributed by atoms with Crippen LogP contribution in [0.2, 0.25) is 0 Å². The number of nitriles is 1. The Bertz CT molecular complexity index is 1760. The third-order valence-electron chi connectivity index (χ3n) is 6.56. The van der Waals surface area contributed by atoms with Gasteiger partial charge in [0.25, 0.3) is 5.56 Å². The van der Waals surface area contributed by atoms with E-state index in [2.05, 4.69) is 24.9 Å². The number of aromatic nitrogens is 7. The number of anilines is 2. The highest BCUT2D eigenvalue weighted by Gasteiger charge is 2.25. The minimum Gasteiger partial charge on any atom is -0.383 e. The Morgan fingerprint density at radius 3 is 2.53 bits per heavy atom. The molecule has 0 spiro atoms. The lowest BCUT2D eigenvalue weighted by molar-refractivity contribution is 0.535. The van der Waals surface area contributed by atoms with Crippen LogP contribution in [0.3, 0.4) is 0 Å². The summed E-state index contributed by atoms with van der Waals surface area (Å²) in [6.07, 6.45) is 4.96. The van der Waals surface area contributed by atoms with Crippen LogP contribution in [0.1, 0.15) is 5.82 Å². The van der Waals surface area contributed by atoms with E-state index in [1.54, 1.807) is 37.8 Å². The molecule has 0 unspecified atom stereocenters. The molecule has 0 bridgehead atoms. The Balaban J connectivity index is 1.44. The number of fused-ring (bicyclic) bond motifs is 1. The predicted molar refractivity (Wildman–Crippen MR) is 143 cm³/mol. The van der Waals surface area contributed by atoms with Crippen molar-refractivity contribution < 1.29 is 0 Å². The Kier molecular flexibility index (Phi) is 5.65. The monoisotopic (exact) mass is 505 g/mol. The fourth-order valence-corrected chi connectivity index (χ4v) is 4.64. The molecule has 1 aliphatic heterocycles. The minimum atomic E-state index is -0.127. The second kappa shape index (κ2) is 9.29. The number of rotatable bonds is 4. The van der Waals surface area contributed by atoms with Crippen LogP contribution in [0.25, 0.3) is 33.8 Å². The van der Waals surface area contributed by atoms with Crippen molar-refractivity contribution in [2.24, 2.45) is 7.05 Å². The number of nitrogen functional groups attached to an aromatic ring is 1. The van der Waals surface area contributed by atoms with Gasteiger partial charge in [-0.3, -0.25) is 4.79 Å². The van der Waals surface area contributed by atoms with Gasteiger partial charge < -0.3 is 20.2 Å². The van der Waals surface area contributed by atoms with Crippen molar-refractivity contribution in [2.45, 2.75) is 0 Å². The van der Waals surface area contributed by atoms with E-state index >= 15 is 0 Å². The molecule has 5 aromatic heterocycles. The number of nitrogens with zero attached hydrogens (tertiary/aromatic N) is 10. The summed E-state index contributed by atoms with van der Waals surface area (Å²) in [4.78, 5) is 37.3. The molecule has 0 amide bonds. The number of aryl methyl sites for hydroxylation is 1. The fraction of sp³-hybridized carbons (Fsp3) is 0.192. The summed E-state index contributed by atoms with van der Waals surface area (Å²) in [5.74, 6) is 1.84. The smallest absolute Gasteiger partial charge is 0.259 e. The van der Waals surface area contributed by atoms with E-state index in [0.29, 0.717) is 71.6 Å². The van der Waals surface area contributed by atoms with Gasteiger partial charge in [-0.25, -0.2) is 29.6 Å². The molecule has 12 nitrogen and oxygen atoms in total. The SMILES string of the molecule is Cn1cccc(-c2ccc3nc(-c4cccnc4N)n(N4CCN(c5ccnc(C#N)n5)CC4)c3n2)c1=O. The Morgan fingerprint density at radius 1 is 0.921 bits per heavy atom. The molecule has 2 N–H and O–H groups in total. The maximum absolute atomic E-state index is 12.8. The van der Waals surface area contributed by atoms with Crippen molar-refractivity contribution >= 4 is 22.8 Å². The lowest BCUT2D eigenvalue weighted by Gasteiger charge is -2.37. The van der Waals surface area contributed by atoms with Gasteiger partial charge in [0.1, 0.15) is 23.2 Å². The van der Waals surface area contributed by atoms with E-state index in [0.717, 1.165) is 0 Å². The van der Waals surface area contributed by atoms with Crippen molar-refractivity contribution in [1.29, 1.82) is 5.26 Å². The van der Waals surface area contributed by atoms with Gasteiger partial charge in [-0.2, -0.15) is 5.26 Å². The quantitative estimate of drug-likeness (QED) is 0.381. The van der Waals surface area contributed by atoms with E-state index < -0.39 is 0 Å². The zero-order valence-corrected chi connectivity index (χ0v) is 20.6. The number of imidazole rings is 1. The van der Waals surface area contributed by atoms with Gasteiger partial charge in [0, 0.05) is 38.7 Å². The standard InChI is InChI=1S/C26H23N11O/c1-34-11-3-5-17(26(34)38)19-6-7-20-25(31-19)37(24(32-20)18-4-2-9-30-23(18)28)36-14-12-35(13-15-36)22-8-10-29-21(16-27)33-22/h2-11H,12-15H2,1H3,(H2,28,30). The van der Waals surface area contributed by atoms with Crippen molar-refractivity contribution in [1.82, 2.24) is 34.2 Å². The van der Waals surface area contributed by atoms with Crippen molar-refractivity contribution in [2.75, 3.05) is 41.8 Å². The summed E-state index contributed by atoms with van der Waals surface area (Å²) in [5, 5.41) is 11.3. The van der Waals surface area contributed by atoms with Crippen LogP contribution in [-0.4, -0.2) is 60.3 Å². The molecule has 1 aliphatic rings. The van der Waals surface area contributed by atoms with Gasteiger partial charge in [-0.15, -0.1) is 0 Å². The summed E-state index contributed by atoms with van der Waals surface area (Å²) >= 11 is 0. The minimum absolute atomic E-state index is 0.127. The van der Waals surface area contributed by atoms with Crippen LogP contribution in [-0.2, 0) is 7.05 Å². The number of hydrogen-bond acceptors (Lipinski definition) is 10. The van der Waals surface area contributed by atoms with Crippen LogP contribution >= 0.6 is 0 Å². The van der Waals surface area contributed by atoms with Gasteiger partial charge in [0.2, 0.25) is 5.82 Å². The van der Waals surface area contributed by atoms with E-state index in [4.69, 9.17) is 15.7 Å². The average molecular weight is 506 g/mol. The topological polar surface area (TPSA) is 148 Å². The van der Waals surface area contributed by atoms with Crippen LogP contribution in [0, 0.1) is 11.3 Å². The highest BCUT2D eigenvalue weighted by molar-refractivity contribution is 5.82. The molecule has 1 saturated heterocycles. The first-order valence-electron chi connectivity index (χ1n) is 12.0. The molecular weight excluding hydrogens is 482 g/mol. The Morgan fingerprint density at radius 2 is 1.74 bits per heavy atom. The first-order chi connectivity index (χ1) is 18.5. The number of nitrogens with two attached hydrogens (primary N) is 1. The molecule has 0 aliphatic carbocycles. The molecular formula is C26H23N11O. The molecule has 0 atom stereocenters. The first-order valence-corrected chi connectivity index (χ1v) is 12.0. The Labute approximate surface area is 217 Å². The lowest BCUT2D eigenvalue weighted by atomic mass is 10.2. The molecule has 38 heavy (non-hydrogen) atoms. The van der Waals surface area contributed by atoms with Gasteiger partial charge in [-0.05, 0) is 42.5 Å². The first kappa shape index (κ1) is 23.1. The third kappa shape index (κ3) is 3.96. The summed E-state index contributed by atoms with van der Waals surface area (Å²) in [6.45, 7) is 2.57. The van der Waals surface area contributed by atoms with Crippen LogP contribution in [0.15, 0.2) is 65.8 Å². The molecule has 6 heterocycles. The second-order valence-electron chi connectivity index (χ2n) is 8.85. The normalized spacial score (nSPS) is 13.6. The molecule has 6 rings (SSSR count). The number of pyridine rings is 3. The molecule has 188 valence electrons. The van der Waals surface area contributed by atoms with Crippen LogP contribution in [0.4, 0.5) is 11.6 Å². The van der Waals surface area contributed by atoms with Crippen molar-refractivity contribution in [3.63, 3.8) is 0 Å². The zero-order valence-electron chi connectivity index (χ0n) is 20.6. The predicted octanol–water partition coefficient (Wildman–Crippen LogP) is 1.56. The molecule has 5 aromatic rings. The van der Waals surface area contributed by atoms with E-state index in [1.165, 1.54) is 4.57 Å². The summed E-state index contributed by atoms with van der Waals surface area (Å²) in [7, 11) is 1.72. The number of hydrogen-bond donors (Lipinski definition) is 1. The molecule has 0 saturated carbocycles. The van der Waals surface area contributed by atoms with Gasteiger partial charge in [0.05, 0.1) is 29.9 Å². The average Bonchev–Trinajstić information content (AvgIpc) is 3.33. The van der Waals surface area contributed by atoms with Crippen molar-refractivity contribution in [3.8, 4) is 28.7 Å². The maximum Gasteiger partial charge on any atom is 0.259 e. The van der Waals surface area contributed by atoms with Gasteiger partial charge >= 0.3 is 0 Å². The zero-order chi connectivity index (χ0) is 26.2. The van der Waals surface area contributed by atoms with Gasteiger partial charge in [-0.1, -0.05) is 0 Å². The lowest BCUT2D eigenvalue weighted by Crippen LogP contribution is -2.51. The summed E-state index contributed by atoms with van der Waals surface area (Å²) in [6, 6.07) is 14.8. The molecule has 0 aromatic carbocycles. The summed E-state index contributed by atoms with van der Waals surface area (Å²) < 4.78 is 3.50. The highest BCUT2D eigenvalue weighted by atomic mass is 16.1. The van der Waals surface area contributed by atoms with E-state index in [-0.39, 0.29) is 11.4 Å². The van der Waals surface area contributed by atoms with E-state index in [1.807, 2.05) is 41.1 Å². The Hall–Kier alpha value is -5.31. The highest BCUT2D eigenvalue weighted by Crippen LogP contribution is 2.29. The summed E-state index contributed by atoms with van der Waals surface area (Å²) in [5.41, 5.74) is 9.20. The van der Waals surface area contributed by atoms with E-state index in [9.17, 15) is 10.1 Å². The molecule has 1 fully saturated rings.